The second-order valence-electron chi connectivity index (χ2n) is 8.46. The van der Waals surface area contributed by atoms with E-state index in [1.165, 1.54) is 29.5 Å². The van der Waals surface area contributed by atoms with Crippen LogP contribution in [0.25, 0.3) is 5.69 Å². The molecule has 4 atom stereocenters. The van der Waals surface area contributed by atoms with E-state index in [4.69, 9.17) is 4.74 Å². The molecule has 2 aliphatic rings. The third-order valence-electron chi connectivity index (χ3n) is 6.59. The minimum Gasteiger partial charge on any atom is -0.461 e. The Bertz CT molecular complexity index is 1120. The van der Waals surface area contributed by atoms with Crippen molar-refractivity contribution in [1.82, 2.24) is 20.1 Å². The minimum atomic E-state index is -0.574. The summed E-state index contributed by atoms with van der Waals surface area (Å²) in [6.45, 7) is 0.211. The lowest BCUT2D eigenvalue weighted by Gasteiger charge is -2.30. The van der Waals surface area contributed by atoms with Crippen LogP contribution in [0.2, 0.25) is 0 Å². The molecule has 164 valence electrons. The summed E-state index contributed by atoms with van der Waals surface area (Å²) in [5.74, 6) is -1.18. The molecule has 7 nitrogen and oxygen atoms in total. The molecule has 32 heavy (non-hydrogen) atoms. The summed E-state index contributed by atoms with van der Waals surface area (Å²) in [6, 6.07) is 13.4. The van der Waals surface area contributed by atoms with Gasteiger partial charge in [0, 0.05) is 11.6 Å². The number of nitrogens with one attached hydrogen (secondary N) is 1. The highest BCUT2D eigenvalue weighted by atomic mass is 19.1. The first-order valence-corrected chi connectivity index (χ1v) is 10.8. The molecule has 2 aromatic carbocycles. The zero-order valence-electron chi connectivity index (χ0n) is 17.4. The third-order valence-corrected chi connectivity index (χ3v) is 6.59. The monoisotopic (exact) mass is 434 g/mol. The minimum absolute atomic E-state index is 0.200. The second-order valence-corrected chi connectivity index (χ2v) is 8.46. The van der Waals surface area contributed by atoms with Crippen LogP contribution in [-0.4, -0.2) is 32.7 Å². The number of benzene rings is 2. The van der Waals surface area contributed by atoms with Crippen LogP contribution in [0.5, 0.6) is 0 Å². The summed E-state index contributed by atoms with van der Waals surface area (Å²) in [6.07, 6.45) is 5.53. The Kier molecular flexibility index (Phi) is 5.43. The van der Waals surface area contributed by atoms with E-state index < -0.39 is 11.7 Å². The van der Waals surface area contributed by atoms with Crippen molar-refractivity contribution in [2.45, 2.75) is 31.9 Å². The molecule has 2 bridgehead atoms. The Hall–Kier alpha value is -3.55. The maximum atomic E-state index is 14.6. The van der Waals surface area contributed by atoms with Crippen molar-refractivity contribution < 1.29 is 18.7 Å². The number of halogens is 1. The zero-order valence-corrected chi connectivity index (χ0v) is 17.4. The van der Waals surface area contributed by atoms with Crippen molar-refractivity contribution in [1.29, 1.82) is 0 Å². The highest BCUT2D eigenvalue weighted by Gasteiger charge is 2.52. The van der Waals surface area contributed by atoms with Crippen molar-refractivity contribution in [2.75, 3.05) is 0 Å². The second kappa shape index (κ2) is 8.53. The van der Waals surface area contributed by atoms with Crippen LogP contribution in [-0.2, 0) is 16.1 Å². The first kappa shape index (κ1) is 20.4. The molecule has 1 heterocycles. The van der Waals surface area contributed by atoms with E-state index >= 15 is 0 Å². The first-order valence-electron chi connectivity index (χ1n) is 10.8. The number of ether oxygens (including phenoxy) is 1. The van der Waals surface area contributed by atoms with Crippen molar-refractivity contribution in [3.8, 4) is 5.69 Å². The highest BCUT2D eigenvalue weighted by Crippen LogP contribution is 2.49. The Morgan fingerprint density at radius 2 is 1.94 bits per heavy atom. The number of nitrogens with zero attached hydrogens (tertiary/aromatic N) is 3. The van der Waals surface area contributed by atoms with Gasteiger partial charge < -0.3 is 10.1 Å². The van der Waals surface area contributed by atoms with Gasteiger partial charge in [-0.15, -0.1) is 0 Å². The SMILES string of the molecule is O=C(N[C@@H]1[C@H]2CC[C@@H](C2)[C@@H]1C(=O)OCc1ccccc1)c1ccc(-n2cncn2)c(F)c1. The molecular formula is C24H23FN4O3. The molecule has 2 saturated carbocycles. The van der Waals surface area contributed by atoms with E-state index in [0.29, 0.717) is 0 Å². The van der Waals surface area contributed by atoms with E-state index in [0.717, 1.165) is 24.8 Å². The number of aromatic nitrogens is 3. The third kappa shape index (κ3) is 3.88. The topological polar surface area (TPSA) is 86.1 Å². The molecule has 1 aromatic heterocycles. The van der Waals surface area contributed by atoms with Crippen molar-refractivity contribution >= 4 is 11.9 Å². The van der Waals surface area contributed by atoms with Gasteiger partial charge in [-0.05, 0) is 54.9 Å². The predicted octanol–water partition coefficient (Wildman–Crippen LogP) is 3.29. The van der Waals surface area contributed by atoms with Gasteiger partial charge in [-0.2, -0.15) is 5.10 Å². The molecular weight excluding hydrogens is 411 g/mol. The van der Waals surface area contributed by atoms with Crippen LogP contribution >= 0.6 is 0 Å². The predicted molar refractivity (Wildman–Crippen MR) is 113 cm³/mol. The Morgan fingerprint density at radius 3 is 2.69 bits per heavy atom. The molecule has 1 amide bonds. The summed E-state index contributed by atoms with van der Waals surface area (Å²) in [4.78, 5) is 29.6. The van der Waals surface area contributed by atoms with Crippen LogP contribution in [0.1, 0.15) is 35.2 Å². The summed E-state index contributed by atoms with van der Waals surface area (Å²) < 4.78 is 21.5. The Balaban J connectivity index is 1.28. The number of hydrogen-bond acceptors (Lipinski definition) is 5. The average molecular weight is 434 g/mol. The van der Waals surface area contributed by atoms with E-state index in [1.54, 1.807) is 6.07 Å². The number of carbonyl (C=O) groups is 2. The van der Waals surface area contributed by atoms with Gasteiger partial charge in [0.05, 0.1) is 5.92 Å². The molecule has 5 rings (SSSR count). The summed E-state index contributed by atoms with van der Waals surface area (Å²) in [5.41, 5.74) is 1.33. The Labute approximate surface area is 184 Å². The quantitative estimate of drug-likeness (QED) is 0.602. The molecule has 0 unspecified atom stereocenters. The van der Waals surface area contributed by atoms with E-state index in [1.807, 2.05) is 30.3 Å². The lowest BCUT2D eigenvalue weighted by molar-refractivity contribution is -0.152. The summed E-state index contributed by atoms with van der Waals surface area (Å²) >= 11 is 0. The number of hydrogen-bond donors (Lipinski definition) is 1. The van der Waals surface area contributed by atoms with Gasteiger partial charge in [0.15, 0.2) is 0 Å². The molecule has 0 spiro atoms. The van der Waals surface area contributed by atoms with Crippen molar-refractivity contribution in [3.05, 3.63) is 78.1 Å². The number of amides is 1. The fraction of sp³-hybridized carbons (Fsp3) is 0.333. The molecule has 3 aromatic rings. The normalized spacial score (nSPS) is 23.8. The molecule has 2 aliphatic carbocycles. The van der Waals surface area contributed by atoms with Gasteiger partial charge in [-0.25, -0.2) is 14.1 Å². The molecule has 0 saturated heterocycles. The maximum Gasteiger partial charge on any atom is 0.311 e. The number of carbonyl (C=O) groups excluding carboxylic acids is 2. The Morgan fingerprint density at radius 1 is 1.12 bits per heavy atom. The molecule has 8 heteroatoms. The van der Waals surface area contributed by atoms with Gasteiger partial charge in [-0.1, -0.05) is 30.3 Å². The maximum absolute atomic E-state index is 14.6. The number of esters is 1. The van der Waals surface area contributed by atoms with Crippen LogP contribution in [0, 0.1) is 23.6 Å². The van der Waals surface area contributed by atoms with Gasteiger partial charge >= 0.3 is 5.97 Å². The van der Waals surface area contributed by atoms with Gasteiger partial charge in [-0.3, -0.25) is 9.59 Å². The highest BCUT2D eigenvalue weighted by molar-refractivity contribution is 5.95. The molecule has 0 aliphatic heterocycles. The molecule has 2 fully saturated rings. The fourth-order valence-corrected chi connectivity index (χ4v) is 5.06. The lowest BCUT2D eigenvalue weighted by atomic mass is 9.84. The van der Waals surface area contributed by atoms with Crippen molar-refractivity contribution in [3.63, 3.8) is 0 Å². The smallest absolute Gasteiger partial charge is 0.311 e. The van der Waals surface area contributed by atoms with Crippen LogP contribution in [0.3, 0.4) is 0 Å². The van der Waals surface area contributed by atoms with Crippen molar-refractivity contribution in [2.24, 2.45) is 17.8 Å². The van der Waals surface area contributed by atoms with Crippen LogP contribution in [0.15, 0.2) is 61.2 Å². The van der Waals surface area contributed by atoms with Crippen LogP contribution < -0.4 is 5.32 Å². The van der Waals surface area contributed by atoms with E-state index in [9.17, 15) is 14.0 Å². The fourth-order valence-electron chi connectivity index (χ4n) is 5.06. The average Bonchev–Trinajstić information content (AvgIpc) is 3.56. The first-order chi connectivity index (χ1) is 15.6. The van der Waals surface area contributed by atoms with Gasteiger partial charge in [0.25, 0.3) is 5.91 Å². The standard InChI is InChI=1S/C24H23FN4O3/c25-19-11-18(8-9-20(19)29-14-26-13-27-29)23(30)28-22-17-7-6-16(10-17)21(22)24(31)32-12-15-4-2-1-3-5-15/h1-5,8-9,11,13-14,16-17,21-22H,6-7,10,12H2,(H,28,30)/t16-,17-,21-,22+/m0/s1. The summed E-state index contributed by atoms with van der Waals surface area (Å²) in [5, 5.41) is 6.91. The lowest BCUT2D eigenvalue weighted by Crippen LogP contribution is -2.47. The largest absolute Gasteiger partial charge is 0.461 e. The van der Waals surface area contributed by atoms with E-state index in [-0.39, 0.29) is 47.6 Å². The van der Waals surface area contributed by atoms with Gasteiger partial charge in [0.2, 0.25) is 0 Å². The number of fused-ring (bicyclic) bond motifs is 2. The number of rotatable bonds is 6. The zero-order chi connectivity index (χ0) is 22.1. The van der Waals surface area contributed by atoms with Gasteiger partial charge in [0.1, 0.15) is 30.8 Å². The molecule has 0 radical (unpaired) electrons. The molecule has 1 N–H and O–H groups in total. The van der Waals surface area contributed by atoms with Crippen LogP contribution in [0.4, 0.5) is 4.39 Å². The van der Waals surface area contributed by atoms with E-state index in [2.05, 4.69) is 15.4 Å². The summed E-state index contributed by atoms with van der Waals surface area (Å²) in [7, 11) is 0.